The Morgan fingerprint density at radius 1 is 1.50 bits per heavy atom. The zero-order chi connectivity index (χ0) is 11.2. The molecule has 0 aromatic rings. The lowest BCUT2D eigenvalue weighted by Crippen LogP contribution is -2.22. The number of esters is 1. The largest absolute Gasteiger partial charge is 0.468 e. The van der Waals surface area contributed by atoms with E-state index in [1.165, 1.54) is 7.11 Å². The van der Waals surface area contributed by atoms with Gasteiger partial charge in [-0.3, -0.25) is 4.79 Å². The maximum atomic E-state index is 11.6. The molecular formula is C7H10BrF3O3. The molecule has 0 aliphatic carbocycles. The number of ether oxygens (including phenoxy) is 2. The summed E-state index contributed by atoms with van der Waals surface area (Å²) in [5.41, 5.74) is 0. The molecule has 0 rings (SSSR count). The smallest absolute Gasteiger partial charge is 0.391 e. The Kier molecular flexibility index (Phi) is 6.10. The molecule has 0 amide bonds. The Morgan fingerprint density at radius 2 is 2.07 bits per heavy atom. The van der Waals surface area contributed by atoms with Crippen LogP contribution in [0.25, 0.3) is 0 Å². The average molecular weight is 279 g/mol. The van der Waals surface area contributed by atoms with Crippen molar-refractivity contribution in [3.8, 4) is 0 Å². The first kappa shape index (κ1) is 13.7. The highest BCUT2D eigenvalue weighted by molar-refractivity contribution is 9.10. The highest BCUT2D eigenvalue weighted by atomic mass is 79.9. The van der Waals surface area contributed by atoms with Crippen LogP contribution in [0.15, 0.2) is 0 Å². The standard InChI is InChI=1S/C7H10BrF3O3/c1-13-6(12)5(8)4-14-3-2-7(9,10)11/h5H,2-4H2,1H3. The Balaban J connectivity index is 3.50. The Morgan fingerprint density at radius 3 is 2.50 bits per heavy atom. The second-order valence-electron chi connectivity index (χ2n) is 2.43. The fourth-order valence-electron chi connectivity index (χ4n) is 0.571. The molecular weight excluding hydrogens is 269 g/mol. The predicted molar refractivity (Wildman–Crippen MR) is 46.2 cm³/mol. The van der Waals surface area contributed by atoms with E-state index in [0.29, 0.717) is 0 Å². The summed E-state index contributed by atoms with van der Waals surface area (Å²) in [5.74, 6) is -0.572. The molecule has 3 nitrogen and oxygen atoms in total. The zero-order valence-corrected chi connectivity index (χ0v) is 9.02. The van der Waals surface area contributed by atoms with Gasteiger partial charge in [0.25, 0.3) is 0 Å². The molecule has 1 unspecified atom stereocenters. The molecule has 0 aromatic carbocycles. The predicted octanol–water partition coefficient (Wildman–Crippen LogP) is 1.89. The molecule has 0 saturated heterocycles. The Hall–Kier alpha value is -0.300. The van der Waals surface area contributed by atoms with Gasteiger partial charge in [-0.25, -0.2) is 0 Å². The van der Waals surface area contributed by atoms with Crippen LogP contribution in [0.5, 0.6) is 0 Å². The lowest BCUT2D eigenvalue weighted by Gasteiger charge is -2.09. The highest BCUT2D eigenvalue weighted by Crippen LogP contribution is 2.19. The van der Waals surface area contributed by atoms with E-state index < -0.39 is 30.0 Å². The first-order chi connectivity index (χ1) is 6.37. The van der Waals surface area contributed by atoms with Crippen LogP contribution in [0.2, 0.25) is 0 Å². The maximum absolute atomic E-state index is 11.6. The lowest BCUT2D eigenvalue weighted by atomic mass is 10.4. The van der Waals surface area contributed by atoms with Gasteiger partial charge in [-0.1, -0.05) is 15.9 Å². The monoisotopic (exact) mass is 278 g/mol. The van der Waals surface area contributed by atoms with Gasteiger partial charge in [0, 0.05) is 0 Å². The number of hydrogen-bond donors (Lipinski definition) is 0. The number of halogens is 4. The number of methoxy groups -OCH3 is 1. The van der Waals surface area contributed by atoms with E-state index >= 15 is 0 Å². The molecule has 0 spiro atoms. The molecule has 0 radical (unpaired) electrons. The van der Waals surface area contributed by atoms with Gasteiger partial charge in [0.1, 0.15) is 4.83 Å². The third-order valence-corrected chi connectivity index (χ3v) is 1.89. The van der Waals surface area contributed by atoms with E-state index in [-0.39, 0.29) is 6.61 Å². The molecule has 0 aliphatic heterocycles. The van der Waals surface area contributed by atoms with Gasteiger partial charge >= 0.3 is 12.1 Å². The summed E-state index contributed by atoms with van der Waals surface area (Å²) in [6.07, 6.45) is -5.25. The van der Waals surface area contributed by atoms with Crippen LogP contribution >= 0.6 is 15.9 Å². The second kappa shape index (κ2) is 6.23. The van der Waals surface area contributed by atoms with Gasteiger partial charge in [0.15, 0.2) is 0 Å². The molecule has 0 aliphatic rings. The molecule has 0 bridgehead atoms. The van der Waals surface area contributed by atoms with E-state index in [2.05, 4.69) is 25.4 Å². The first-order valence-electron chi connectivity index (χ1n) is 3.73. The number of alkyl halides is 4. The van der Waals surface area contributed by atoms with Gasteiger partial charge in [0.05, 0.1) is 26.7 Å². The minimum absolute atomic E-state index is 0.136. The molecule has 0 fully saturated rings. The van der Waals surface area contributed by atoms with E-state index in [0.717, 1.165) is 0 Å². The van der Waals surface area contributed by atoms with E-state index in [1.54, 1.807) is 0 Å². The van der Waals surface area contributed by atoms with Crippen LogP contribution in [0.3, 0.4) is 0 Å². The van der Waals surface area contributed by atoms with Crippen molar-refractivity contribution in [1.29, 1.82) is 0 Å². The maximum Gasteiger partial charge on any atom is 0.391 e. The van der Waals surface area contributed by atoms with E-state index in [1.807, 2.05) is 0 Å². The highest BCUT2D eigenvalue weighted by Gasteiger charge is 2.26. The summed E-state index contributed by atoms with van der Waals surface area (Å²) >= 11 is 2.90. The summed E-state index contributed by atoms with van der Waals surface area (Å²) in [6.45, 7) is -0.592. The number of hydrogen-bond acceptors (Lipinski definition) is 3. The topological polar surface area (TPSA) is 35.5 Å². The molecule has 7 heteroatoms. The van der Waals surface area contributed by atoms with Crippen molar-refractivity contribution in [2.45, 2.75) is 17.4 Å². The minimum atomic E-state index is -4.23. The fourth-order valence-corrected chi connectivity index (χ4v) is 0.944. The van der Waals surface area contributed by atoms with Gasteiger partial charge < -0.3 is 9.47 Å². The van der Waals surface area contributed by atoms with Crippen LogP contribution < -0.4 is 0 Å². The number of carbonyl (C=O) groups excluding carboxylic acids is 1. The molecule has 0 aromatic heterocycles. The normalized spacial score (nSPS) is 13.8. The molecule has 14 heavy (non-hydrogen) atoms. The van der Waals surface area contributed by atoms with Crippen molar-refractivity contribution in [2.75, 3.05) is 20.3 Å². The van der Waals surface area contributed by atoms with Gasteiger partial charge in [-0.2, -0.15) is 13.2 Å². The Bertz CT molecular complexity index is 184. The quantitative estimate of drug-likeness (QED) is 0.438. The van der Waals surface area contributed by atoms with Crippen molar-refractivity contribution < 1.29 is 27.4 Å². The summed E-state index contributed by atoms with van der Waals surface area (Å²) < 4.78 is 43.8. The Labute approximate surface area is 87.7 Å². The SMILES string of the molecule is COC(=O)C(Br)COCCC(F)(F)F. The van der Waals surface area contributed by atoms with Crippen LogP contribution in [-0.4, -0.2) is 37.3 Å². The van der Waals surface area contributed by atoms with Crippen LogP contribution in [-0.2, 0) is 14.3 Å². The van der Waals surface area contributed by atoms with Crippen molar-refractivity contribution in [2.24, 2.45) is 0 Å². The third-order valence-electron chi connectivity index (χ3n) is 1.25. The molecule has 0 heterocycles. The number of carbonyl (C=O) groups is 1. The third kappa shape index (κ3) is 7.14. The molecule has 0 saturated carbocycles. The second-order valence-corrected chi connectivity index (χ2v) is 3.54. The van der Waals surface area contributed by atoms with Gasteiger partial charge in [-0.05, 0) is 0 Å². The number of rotatable bonds is 5. The van der Waals surface area contributed by atoms with E-state index in [4.69, 9.17) is 0 Å². The fraction of sp³-hybridized carbons (Fsp3) is 0.857. The summed E-state index contributed by atoms with van der Waals surface area (Å²) in [7, 11) is 1.19. The van der Waals surface area contributed by atoms with Crippen molar-refractivity contribution in [3.63, 3.8) is 0 Å². The first-order valence-corrected chi connectivity index (χ1v) is 4.65. The summed E-state index contributed by atoms with van der Waals surface area (Å²) in [6, 6.07) is 0. The molecule has 0 N–H and O–H groups in total. The summed E-state index contributed by atoms with van der Waals surface area (Å²) in [4.78, 5) is 10.0. The molecule has 84 valence electrons. The van der Waals surface area contributed by atoms with Gasteiger partial charge in [-0.15, -0.1) is 0 Å². The van der Waals surface area contributed by atoms with Gasteiger partial charge in [0.2, 0.25) is 0 Å². The van der Waals surface area contributed by atoms with E-state index in [9.17, 15) is 18.0 Å². The molecule has 1 atom stereocenters. The van der Waals surface area contributed by atoms with Crippen LogP contribution in [0, 0.1) is 0 Å². The minimum Gasteiger partial charge on any atom is -0.468 e. The van der Waals surface area contributed by atoms with Crippen LogP contribution in [0.4, 0.5) is 13.2 Å². The average Bonchev–Trinajstić information content (AvgIpc) is 2.09. The van der Waals surface area contributed by atoms with Crippen molar-refractivity contribution in [1.82, 2.24) is 0 Å². The summed E-state index contributed by atoms with van der Waals surface area (Å²) in [5, 5.41) is 0. The zero-order valence-electron chi connectivity index (χ0n) is 7.44. The van der Waals surface area contributed by atoms with Crippen molar-refractivity contribution in [3.05, 3.63) is 0 Å². The lowest BCUT2D eigenvalue weighted by molar-refractivity contribution is -0.147. The van der Waals surface area contributed by atoms with Crippen LogP contribution in [0.1, 0.15) is 6.42 Å². The van der Waals surface area contributed by atoms with Crippen molar-refractivity contribution >= 4 is 21.9 Å².